The maximum atomic E-state index is 12.8. The molecule has 0 aliphatic carbocycles. The predicted molar refractivity (Wildman–Crippen MR) is 71.0 cm³/mol. The van der Waals surface area contributed by atoms with Gasteiger partial charge < -0.3 is 16.4 Å². The van der Waals surface area contributed by atoms with Crippen molar-refractivity contribution in [2.45, 2.75) is 26.3 Å². The molecule has 0 bridgehead atoms. The van der Waals surface area contributed by atoms with Crippen LogP contribution in [0.5, 0.6) is 0 Å². The molecule has 6 heteroatoms. The molecule has 0 aromatic heterocycles. The number of hydrogen-bond donors (Lipinski definition) is 3. The summed E-state index contributed by atoms with van der Waals surface area (Å²) in [7, 11) is 0. The highest BCUT2D eigenvalue weighted by Gasteiger charge is 2.25. The third kappa shape index (κ3) is 4.57. The standard InChI is InChI=1S/C13H18FN3O2/c1-3-8(2)11(17-13(15)19)12(18)16-10-6-4-9(14)5-7-10/h4-8,11H,3H2,1-2H3,(H,16,18)(H3,15,17,19)/t8-,11-/m1/s1. The van der Waals surface area contributed by atoms with E-state index in [2.05, 4.69) is 10.6 Å². The van der Waals surface area contributed by atoms with E-state index in [0.29, 0.717) is 12.1 Å². The van der Waals surface area contributed by atoms with Crippen LogP contribution < -0.4 is 16.4 Å². The van der Waals surface area contributed by atoms with Gasteiger partial charge in [-0.05, 0) is 30.2 Å². The Balaban J connectivity index is 2.76. The second-order valence-corrected chi connectivity index (χ2v) is 4.37. The summed E-state index contributed by atoms with van der Waals surface area (Å²) in [6.07, 6.45) is 0.710. The van der Waals surface area contributed by atoms with Crippen LogP contribution in [-0.2, 0) is 4.79 Å². The minimum absolute atomic E-state index is 0.0621. The van der Waals surface area contributed by atoms with Crippen LogP contribution in [0.2, 0.25) is 0 Å². The lowest BCUT2D eigenvalue weighted by Crippen LogP contribution is -2.49. The largest absolute Gasteiger partial charge is 0.352 e. The monoisotopic (exact) mass is 267 g/mol. The Morgan fingerprint density at radius 2 is 1.89 bits per heavy atom. The molecule has 0 aliphatic heterocycles. The number of urea groups is 1. The summed E-state index contributed by atoms with van der Waals surface area (Å²) >= 11 is 0. The number of amides is 3. The summed E-state index contributed by atoms with van der Waals surface area (Å²) in [6.45, 7) is 3.75. The van der Waals surface area contributed by atoms with Crippen LogP contribution in [0.15, 0.2) is 24.3 Å². The molecule has 1 rings (SSSR count). The SMILES string of the molecule is CC[C@@H](C)[C@@H](NC(N)=O)C(=O)Nc1ccc(F)cc1. The molecule has 0 radical (unpaired) electrons. The summed E-state index contributed by atoms with van der Waals surface area (Å²) in [4.78, 5) is 23.0. The van der Waals surface area contributed by atoms with Gasteiger partial charge >= 0.3 is 6.03 Å². The number of primary amides is 1. The van der Waals surface area contributed by atoms with Crippen LogP contribution in [-0.4, -0.2) is 18.0 Å². The lowest BCUT2D eigenvalue weighted by molar-refractivity contribution is -0.119. The van der Waals surface area contributed by atoms with Crippen LogP contribution >= 0.6 is 0 Å². The number of nitrogens with one attached hydrogen (secondary N) is 2. The minimum Gasteiger partial charge on any atom is -0.352 e. The highest BCUT2D eigenvalue weighted by atomic mass is 19.1. The third-order valence-corrected chi connectivity index (χ3v) is 2.90. The van der Waals surface area contributed by atoms with Crippen molar-refractivity contribution in [3.63, 3.8) is 0 Å². The fourth-order valence-electron chi connectivity index (χ4n) is 1.61. The summed E-state index contributed by atoms with van der Waals surface area (Å²) in [5.74, 6) is -0.820. The van der Waals surface area contributed by atoms with Crippen LogP contribution in [0.4, 0.5) is 14.9 Å². The first kappa shape index (κ1) is 14.9. The molecule has 1 aromatic carbocycles. The Labute approximate surface area is 111 Å². The zero-order chi connectivity index (χ0) is 14.4. The van der Waals surface area contributed by atoms with Gasteiger partial charge in [-0.15, -0.1) is 0 Å². The molecule has 19 heavy (non-hydrogen) atoms. The van der Waals surface area contributed by atoms with Crippen LogP contribution in [0.1, 0.15) is 20.3 Å². The molecule has 2 atom stereocenters. The molecule has 0 spiro atoms. The lowest BCUT2D eigenvalue weighted by Gasteiger charge is -2.22. The van der Waals surface area contributed by atoms with Gasteiger partial charge in [-0.25, -0.2) is 9.18 Å². The predicted octanol–water partition coefficient (Wildman–Crippen LogP) is 1.85. The number of nitrogens with two attached hydrogens (primary N) is 1. The van der Waals surface area contributed by atoms with E-state index in [1.807, 2.05) is 13.8 Å². The van der Waals surface area contributed by atoms with Crippen molar-refractivity contribution in [2.24, 2.45) is 11.7 Å². The van der Waals surface area contributed by atoms with Gasteiger partial charge in [0.25, 0.3) is 0 Å². The quantitative estimate of drug-likeness (QED) is 0.760. The van der Waals surface area contributed by atoms with Gasteiger partial charge in [0.05, 0.1) is 0 Å². The number of hydrogen-bond acceptors (Lipinski definition) is 2. The molecule has 0 saturated carbocycles. The second kappa shape index (κ2) is 6.72. The first-order chi connectivity index (χ1) is 8.93. The molecule has 0 unspecified atom stereocenters. The Morgan fingerprint density at radius 3 is 2.37 bits per heavy atom. The van der Waals surface area contributed by atoms with Gasteiger partial charge in [-0.3, -0.25) is 4.79 Å². The molecular weight excluding hydrogens is 249 g/mol. The lowest BCUT2D eigenvalue weighted by atomic mass is 9.98. The number of anilines is 1. The average molecular weight is 267 g/mol. The average Bonchev–Trinajstić information content (AvgIpc) is 2.37. The number of carbonyl (C=O) groups is 2. The minimum atomic E-state index is -0.750. The number of rotatable bonds is 5. The molecule has 104 valence electrons. The summed E-state index contributed by atoms with van der Waals surface area (Å²) in [6, 6.07) is 3.92. The van der Waals surface area contributed by atoms with Gasteiger partial charge in [0, 0.05) is 5.69 Å². The van der Waals surface area contributed by atoms with Gasteiger partial charge in [0.1, 0.15) is 11.9 Å². The van der Waals surface area contributed by atoms with Crippen molar-refractivity contribution in [3.05, 3.63) is 30.1 Å². The summed E-state index contributed by atoms with van der Waals surface area (Å²) in [5.41, 5.74) is 5.52. The molecule has 4 N–H and O–H groups in total. The third-order valence-electron chi connectivity index (χ3n) is 2.90. The van der Waals surface area contributed by atoms with Gasteiger partial charge in [0.15, 0.2) is 0 Å². The maximum absolute atomic E-state index is 12.8. The van der Waals surface area contributed by atoms with E-state index < -0.39 is 12.1 Å². The van der Waals surface area contributed by atoms with Crippen LogP contribution in [0.25, 0.3) is 0 Å². The Hall–Kier alpha value is -2.11. The first-order valence-corrected chi connectivity index (χ1v) is 6.06. The molecule has 0 heterocycles. The molecular formula is C13H18FN3O2. The fraction of sp³-hybridized carbons (Fsp3) is 0.385. The topological polar surface area (TPSA) is 84.2 Å². The highest BCUT2D eigenvalue weighted by molar-refractivity contribution is 5.97. The summed E-state index contributed by atoms with van der Waals surface area (Å²) in [5, 5.41) is 5.03. The zero-order valence-electron chi connectivity index (χ0n) is 10.9. The maximum Gasteiger partial charge on any atom is 0.312 e. The van der Waals surface area contributed by atoms with Gasteiger partial charge in [-0.2, -0.15) is 0 Å². The number of carbonyl (C=O) groups excluding carboxylic acids is 2. The van der Waals surface area contributed by atoms with Crippen LogP contribution in [0, 0.1) is 11.7 Å². The van der Waals surface area contributed by atoms with E-state index in [9.17, 15) is 14.0 Å². The molecule has 1 aromatic rings. The van der Waals surface area contributed by atoms with Crippen molar-refractivity contribution in [1.29, 1.82) is 0 Å². The smallest absolute Gasteiger partial charge is 0.312 e. The van der Waals surface area contributed by atoms with E-state index in [4.69, 9.17) is 5.73 Å². The Bertz CT molecular complexity index is 448. The number of halogens is 1. The zero-order valence-corrected chi connectivity index (χ0v) is 10.9. The summed E-state index contributed by atoms with van der Waals surface area (Å²) < 4.78 is 12.8. The van der Waals surface area contributed by atoms with Crippen LogP contribution in [0.3, 0.4) is 0 Å². The molecule has 5 nitrogen and oxygen atoms in total. The first-order valence-electron chi connectivity index (χ1n) is 6.06. The molecule has 0 saturated heterocycles. The molecule has 3 amide bonds. The van der Waals surface area contributed by atoms with Crippen molar-refractivity contribution < 1.29 is 14.0 Å². The Kier molecular flexibility index (Phi) is 5.29. The molecule has 0 aliphatic rings. The molecule has 0 fully saturated rings. The second-order valence-electron chi connectivity index (χ2n) is 4.37. The van der Waals surface area contributed by atoms with Crippen molar-refractivity contribution >= 4 is 17.6 Å². The van der Waals surface area contributed by atoms with Crippen molar-refractivity contribution in [2.75, 3.05) is 5.32 Å². The van der Waals surface area contributed by atoms with E-state index >= 15 is 0 Å². The van der Waals surface area contributed by atoms with Crippen molar-refractivity contribution in [1.82, 2.24) is 5.32 Å². The van der Waals surface area contributed by atoms with E-state index in [1.54, 1.807) is 0 Å². The van der Waals surface area contributed by atoms with Crippen molar-refractivity contribution in [3.8, 4) is 0 Å². The van der Waals surface area contributed by atoms with Gasteiger partial charge in [0.2, 0.25) is 5.91 Å². The van der Waals surface area contributed by atoms with E-state index in [0.717, 1.165) is 0 Å². The number of benzene rings is 1. The fourth-order valence-corrected chi connectivity index (χ4v) is 1.61. The highest BCUT2D eigenvalue weighted by Crippen LogP contribution is 2.13. The van der Waals surface area contributed by atoms with E-state index in [-0.39, 0.29) is 17.6 Å². The van der Waals surface area contributed by atoms with E-state index in [1.165, 1.54) is 24.3 Å². The van der Waals surface area contributed by atoms with Gasteiger partial charge in [-0.1, -0.05) is 20.3 Å². The normalized spacial score (nSPS) is 13.4. The Morgan fingerprint density at radius 1 is 1.32 bits per heavy atom.